The van der Waals surface area contributed by atoms with E-state index in [2.05, 4.69) is 0 Å². The number of nitrogens with zero attached hydrogens (tertiary/aromatic N) is 1. The molecule has 2 rings (SSSR count). The molecule has 0 bridgehead atoms. The molecule has 1 saturated heterocycles. The molecule has 0 spiro atoms. The fraction of sp³-hybridized carbons (Fsp3) is 0.500. The fourth-order valence-corrected chi connectivity index (χ4v) is 2.54. The van der Waals surface area contributed by atoms with E-state index in [1.54, 1.807) is 23.1 Å². The predicted octanol–water partition coefficient (Wildman–Crippen LogP) is 1.95. The number of rotatable bonds is 6. The van der Waals surface area contributed by atoms with Gasteiger partial charge in [-0.25, -0.2) is 4.79 Å². The van der Waals surface area contributed by atoms with Crippen LogP contribution in [0.25, 0.3) is 0 Å². The Hall–Kier alpha value is -1.88. The number of hydrogen-bond acceptors (Lipinski definition) is 3. The van der Waals surface area contributed by atoms with Crippen molar-refractivity contribution in [1.29, 1.82) is 0 Å². The Morgan fingerprint density at radius 1 is 1.43 bits per heavy atom. The van der Waals surface area contributed by atoms with Gasteiger partial charge in [-0.3, -0.25) is 4.79 Å². The van der Waals surface area contributed by atoms with E-state index in [-0.39, 0.29) is 24.0 Å². The molecule has 114 valence electrons. The van der Waals surface area contributed by atoms with Gasteiger partial charge in [0.2, 0.25) is 5.91 Å². The Labute approximate surface area is 124 Å². The van der Waals surface area contributed by atoms with Crippen molar-refractivity contribution in [1.82, 2.24) is 4.90 Å². The van der Waals surface area contributed by atoms with Crippen LogP contribution >= 0.6 is 0 Å². The molecule has 1 aromatic rings. The average molecular weight is 291 g/mol. The second kappa shape index (κ2) is 7.22. The summed E-state index contributed by atoms with van der Waals surface area (Å²) < 4.78 is 5.56. The fourth-order valence-electron chi connectivity index (χ4n) is 2.54. The maximum Gasteiger partial charge on any atom is 0.335 e. The smallest absolute Gasteiger partial charge is 0.335 e. The highest BCUT2D eigenvalue weighted by molar-refractivity contribution is 5.88. The SMILES string of the molecule is CCN(CC1CCCO1)C(=O)Cc1cccc(C(=O)O)c1. The molecule has 0 aliphatic carbocycles. The van der Waals surface area contributed by atoms with Crippen LogP contribution in [0.3, 0.4) is 0 Å². The average Bonchev–Trinajstić information content (AvgIpc) is 2.97. The van der Waals surface area contributed by atoms with Gasteiger partial charge in [0.15, 0.2) is 0 Å². The zero-order chi connectivity index (χ0) is 15.2. The first-order chi connectivity index (χ1) is 10.1. The third-order valence-corrected chi connectivity index (χ3v) is 3.71. The molecule has 1 N–H and O–H groups in total. The molecule has 1 aliphatic rings. The van der Waals surface area contributed by atoms with Gasteiger partial charge in [-0.1, -0.05) is 12.1 Å². The van der Waals surface area contributed by atoms with E-state index in [0.29, 0.717) is 13.1 Å². The first-order valence-corrected chi connectivity index (χ1v) is 7.31. The number of carbonyl (C=O) groups excluding carboxylic acids is 1. The number of hydrogen-bond donors (Lipinski definition) is 1. The van der Waals surface area contributed by atoms with Gasteiger partial charge in [0.25, 0.3) is 0 Å². The number of aromatic carboxylic acids is 1. The third-order valence-electron chi connectivity index (χ3n) is 3.71. The highest BCUT2D eigenvalue weighted by Crippen LogP contribution is 2.14. The minimum Gasteiger partial charge on any atom is -0.478 e. The van der Waals surface area contributed by atoms with Crippen LogP contribution in [0.1, 0.15) is 35.7 Å². The second-order valence-corrected chi connectivity index (χ2v) is 5.25. The highest BCUT2D eigenvalue weighted by Gasteiger charge is 2.21. The van der Waals surface area contributed by atoms with Crippen LogP contribution < -0.4 is 0 Å². The van der Waals surface area contributed by atoms with Crippen molar-refractivity contribution in [3.63, 3.8) is 0 Å². The van der Waals surface area contributed by atoms with E-state index in [1.807, 2.05) is 6.92 Å². The second-order valence-electron chi connectivity index (χ2n) is 5.25. The van der Waals surface area contributed by atoms with E-state index in [0.717, 1.165) is 25.0 Å². The van der Waals surface area contributed by atoms with Crippen molar-refractivity contribution in [2.45, 2.75) is 32.3 Å². The van der Waals surface area contributed by atoms with Crippen LogP contribution in [0, 0.1) is 0 Å². The molecule has 21 heavy (non-hydrogen) atoms. The number of amides is 1. The van der Waals surface area contributed by atoms with Crippen molar-refractivity contribution in [3.8, 4) is 0 Å². The topological polar surface area (TPSA) is 66.8 Å². The summed E-state index contributed by atoms with van der Waals surface area (Å²) in [6, 6.07) is 6.53. The largest absolute Gasteiger partial charge is 0.478 e. The molecule has 0 aromatic heterocycles. The lowest BCUT2D eigenvalue weighted by Gasteiger charge is -2.24. The summed E-state index contributed by atoms with van der Waals surface area (Å²) in [5, 5.41) is 8.98. The lowest BCUT2D eigenvalue weighted by molar-refractivity contribution is -0.131. The Morgan fingerprint density at radius 3 is 2.86 bits per heavy atom. The van der Waals surface area contributed by atoms with Crippen LogP contribution in [0.5, 0.6) is 0 Å². The summed E-state index contributed by atoms with van der Waals surface area (Å²) >= 11 is 0. The van der Waals surface area contributed by atoms with Crippen LogP contribution in [-0.2, 0) is 16.0 Å². The maximum absolute atomic E-state index is 12.3. The van der Waals surface area contributed by atoms with E-state index in [4.69, 9.17) is 9.84 Å². The van der Waals surface area contributed by atoms with Crippen molar-refractivity contribution in [3.05, 3.63) is 35.4 Å². The van der Waals surface area contributed by atoms with Gasteiger partial charge in [0, 0.05) is 19.7 Å². The first-order valence-electron chi connectivity index (χ1n) is 7.31. The highest BCUT2D eigenvalue weighted by atomic mass is 16.5. The van der Waals surface area contributed by atoms with E-state index in [9.17, 15) is 9.59 Å². The quantitative estimate of drug-likeness (QED) is 0.870. The normalized spacial score (nSPS) is 17.7. The van der Waals surface area contributed by atoms with Gasteiger partial charge in [-0.15, -0.1) is 0 Å². The van der Waals surface area contributed by atoms with E-state index < -0.39 is 5.97 Å². The van der Waals surface area contributed by atoms with Crippen LogP contribution in [-0.4, -0.2) is 47.7 Å². The zero-order valence-corrected chi connectivity index (χ0v) is 12.2. The zero-order valence-electron chi connectivity index (χ0n) is 12.2. The molecule has 1 aliphatic heterocycles. The van der Waals surface area contributed by atoms with Gasteiger partial charge in [0.1, 0.15) is 0 Å². The number of ether oxygens (including phenoxy) is 1. The molecule has 1 atom stereocenters. The summed E-state index contributed by atoms with van der Waals surface area (Å²) in [6.07, 6.45) is 2.41. The molecule has 0 radical (unpaired) electrons. The number of carboxylic acids is 1. The maximum atomic E-state index is 12.3. The van der Waals surface area contributed by atoms with Gasteiger partial charge < -0.3 is 14.7 Å². The van der Waals surface area contributed by atoms with Gasteiger partial charge >= 0.3 is 5.97 Å². The molecule has 1 fully saturated rings. The lowest BCUT2D eigenvalue weighted by atomic mass is 10.1. The first kappa shape index (κ1) is 15.5. The third kappa shape index (κ3) is 4.29. The Balaban J connectivity index is 1.98. The number of benzene rings is 1. The summed E-state index contributed by atoms with van der Waals surface area (Å²) in [5.74, 6) is -0.966. The molecule has 1 aromatic carbocycles. The molecule has 5 nitrogen and oxygen atoms in total. The Bertz CT molecular complexity index is 509. The number of carbonyl (C=O) groups is 2. The van der Waals surface area contributed by atoms with Gasteiger partial charge in [-0.05, 0) is 37.5 Å². The number of likely N-dealkylation sites (N-methyl/N-ethyl adjacent to an activating group) is 1. The summed E-state index contributed by atoms with van der Waals surface area (Å²) in [5.41, 5.74) is 0.938. The van der Waals surface area contributed by atoms with Crippen molar-refractivity contribution in [2.75, 3.05) is 19.7 Å². The van der Waals surface area contributed by atoms with Crippen LogP contribution in [0.2, 0.25) is 0 Å². The summed E-state index contributed by atoms with van der Waals surface area (Å²) in [7, 11) is 0. The van der Waals surface area contributed by atoms with Gasteiger partial charge in [-0.2, -0.15) is 0 Å². The van der Waals surface area contributed by atoms with Crippen molar-refractivity contribution in [2.24, 2.45) is 0 Å². The molecule has 0 saturated carbocycles. The van der Waals surface area contributed by atoms with Gasteiger partial charge in [0.05, 0.1) is 18.1 Å². The minimum atomic E-state index is -0.976. The van der Waals surface area contributed by atoms with Crippen molar-refractivity contribution < 1.29 is 19.4 Å². The summed E-state index contributed by atoms with van der Waals surface area (Å²) in [6.45, 7) is 3.98. The predicted molar refractivity (Wildman–Crippen MR) is 78.3 cm³/mol. The van der Waals surface area contributed by atoms with Crippen LogP contribution in [0.4, 0.5) is 0 Å². The molecule has 1 amide bonds. The minimum absolute atomic E-state index is 0.00976. The molecular weight excluding hydrogens is 270 g/mol. The molecule has 1 heterocycles. The van der Waals surface area contributed by atoms with E-state index >= 15 is 0 Å². The standard InChI is InChI=1S/C16H21NO4/c1-2-17(11-14-7-4-8-21-14)15(18)10-12-5-3-6-13(9-12)16(19)20/h3,5-6,9,14H,2,4,7-8,10-11H2,1H3,(H,19,20). The molecule has 5 heteroatoms. The monoisotopic (exact) mass is 291 g/mol. The Kier molecular flexibility index (Phi) is 5.33. The molecule has 1 unspecified atom stereocenters. The Morgan fingerprint density at radius 2 is 2.24 bits per heavy atom. The number of carboxylic acid groups (broad SMARTS) is 1. The van der Waals surface area contributed by atoms with Crippen LogP contribution in [0.15, 0.2) is 24.3 Å². The molecular formula is C16H21NO4. The van der Waals surface area contributed by atoms with Crippen molar-refractivity contribution >= 4 is 11.9 Å². The lowest BCUT2D eigenvalue weighted by Crippen LogP contribution is -2.38. The van der Waals surface area contributed by atoms with E-state index in [1.165, 1.54) is 6.07 Å². The summed E-state index contributed by atoms with van der Waals surface area (Å²) in [4.78, 5) is 25.1.